The fourth-order valence-corrected chi connectivity index (χ4v) is 2.69. The van der Waals surface area contributed by atoms with Gasteiger partial charge in [0.05, 0.1) is 17.6 Å². The van der Waals surface area contributed by atoms with Gasteiger partial charge in [-0.3, -0.25) is 9.78 Å². The van der Waals surface area contributed by atoms with Crippen LogP contribution in [0.1, 0.15) is 31.0 Å². The van der Waals surface area contributed by atoms with Gasteiger partial charge in [0.2, 0.25) is 0 Å². The molecule has 4 heteroatoms. The Hall–Kier alpha value is -2.88. The van der Waals surface area contributed by atoms with Gasteiger partial charge in [0.25, 0.3) is 0 Å². The molecule has 0 aliphatic carbocycles. The van der Waals surface area contributed by atoms with Crippen molar-refractivity contribution in [2.24, 2.45) is 0 Å². The van der Waals surface area contributed by atoms with Crippen LogP contribution >= 0.6 is 0 Å². The van der Waals surface area contributed by atoms with Crippen molar-refractivity contribution in [2.45, 2.75) is 26.2 Å². The normalized spacial score (nSPS) is 11.0. The molecule has 2 aromatic carbocycles. The zero-order valence-electron chi connectivity index (χ0n) is 13.8. The largest absolute Gasteiger partial charge is 0.481 e. The molecule has 0 saturated carbocycles. The first-order chi connectivity index (χ1) is 11.5. The monoisotopic (exact) mass is 320 g/mol. The van der Waals surface area contributed by atoms with Crippen molar-refractivity contribution in [3.8, 4) is 0 Å². The molecule has 0 saturated heterocycles. The van der Waals surface area contributed by atoms with Crippen LogP contribution in [0.25, 0.3) is 10.9 Å². The molecule has 2 N–H and O–H groups in total. The molecular formula is C20H20N2O2. The maximum atomic E-state index is 11.0. The average Bonchev–Trinajstić information content (AvgIpc) is 2.55. The Kier molecular flexibility index (Phi) is 4.47. The first-order valence-corrected chi connectivity index (χ1v) is 8.00. The molecule has 1 aromatic heterocycles. The minimum absolute atomic E-state index is 0.0915. The van der Waals surface area contributed by atoms with E-state index in [1.54, 1.807) is 0 Å². The molecular weight excluding hydrogens is 300 g/mol. The molecule has 1 heterocycles. The predicted molar refractivity (Wildman–Crippen MR) is 96.9 cm³/mol. The number of aliphatic carboxylic acids is 1. The first-order valence-electron chi connectivity index (χ1n) is 8.00. The first kappa shape index (κ1) is 16.0. The molecule has 0 spiro atoms. The van der Waals surface area contributed by atoms with Gasteiger partial charge in [-0.2, -0.15) is 0 Å². The topological polar surface area (TPSA) is 62.2 Å². The summed E-state index contributed by atoms with van der Waals surface area (Å²) in [5.74, 6) is -0.395. The van der Waals surface area contributed by atoms with Gasteiger partial charge in [-0.05, 0) is 35.7 Å². The van der Waals surface area contributed by atoms with Gasteiger partial charge in [0.15, 0.2) is 0 Å². The Morgan fingerprint density at radius 3 is 2.50 bits per heavy atom. The molecule has 122 valence electrons. The lowest BCUT2D eigenvalue weighted by Gasteiger charge is -2.13. The van der Waals surface area contributed by atoms with Gasteiger partial charge in [0.1, 0.15) is 0 Å². The van der Waals surface area contributed by atoms with Gasteiger partial charge in [-0.15, -0.1) is 0 Å². The highest BCUT2D eigenvalue weighted by molar-refractivity contribution is 5.93. The minimum atomic E-state index is -0.884. The third-order valence-electron chi connectivity index (χ3n) is 3.96. The second-order valence-corrected chi connectivity index (χ2v) is 6.15. The van der Waals surface area contributed by atoms with Crippen LogP contribution in [0.4, 0.5) is 11.4 Å². The molecule has 0 aliphatic heterocycles. The van der Waals surface area contributed by atoms with Gasteiger partial charge < -0.3 is 10.4 Å². The number of anilines is 2. The van der Waals surface area contributed by atoms with E-state index in [9.17, 15) is 4.79 Å². The summed E-state index contributed by atoms with van der Waals surface area (Å²) in [5, 5.41) is 13.4. The maximum Gasteiger partial charge on any atom is 0.309 e. The van der Waals surface area contributed by atoms with Crippen LogP contribution in [0.15, 0.2) is 54.6 Å². The molecule has 0 amide bonds. The Morgan fingerprint density at radius 2 is 1.83 bits per heavy atom. The summed E-state index contributed by atoms with van der Waals surface area (Å²) in [6.07, 6.45) is -0.0915. The lowest BCUT2D eigenvalue weighted by atomic mass is 10.0. The second kappa shape index (κ2) is 6.71. The summed E-state index contributed by atoms with van der Waals surface area (Å²) in [7, 11) is 0. The van der Waals surface area contributed by atoms with Crippen molar-refractivity contribution >= 4 is 28.2 Å². The average molecular weight is 320 g/mol. The van der Waals surface area contributed by atoms with Crippen molar-refractivity contribution in [1.29, 1.82) is 0 Å². The van der Waals surface area contributed by atoms with Gasteiger partial charge >= 0.3 is 5.97 Å². The van der Waals surface area contributed by atoms with E-state index in [0.29, 0.717) is 11.6 Å². The van der Waals surface area contributed by atoms with Gasteiger partial charge in [-0.1, -0.05) is 44.2 Å². The number of pyridine rings is 1. The highest BCUT2D eigenvalue weighted by atomic mass is 16.4. The van der Waals surface area contributed by atoms with Crippen LogP contribution in [0, 0.1) is 0 Å². The van der Waals surface area contributed by atoms with Crippen LogP contribution < -0.4 is 5.32 Å². The van der Waals surface area contributed by atoms with E-state index in [0.717, 1.165) is 22.3 Å². The zero-order chi connectivity index (χ0) is 17.1. The lowest BCUT2D eigenvalue weighted by Crippen LogP contribution is -2.04. The second-order valence-electron chi connectivity index (χ2n) is 6.15. The molecule has 0 fully saturated rings. The molecule has 3 aromatic rings. The van der Waals surface area contributed by atoms with Crippen LogP contribution in [-0.2, 0) is 11.2 Å². The van der Waals surface area contributed by atoms with Crippen molar-refractivity contribution in [3.63, 3.8) is 0 Å². The molecule has 0 unspecified atom stereocenters. The number of carboxylic acid groups (broad SMARTS) is 1. The standard InChI is InChI=1S/C20H20N2O2/c1-13(2)14-7-9-15(10-8-14)21-19-11-16(12-20(23)24)22-18-6-4-3-5-17(18)19/h3-11,13H,12H2,1-2H3,(H,21,22)(H,23,24). The van der Waals surface area contributed by atoms with E-state index in [4.69, 9.17) is 5.11 Å². The van der Waals surface area contributed by atoms with Crippen LogP contribution in [0.2, 0.25) is 0 Å². The Morgan fingerprint density at radius 1 is 1.12 bits per heavy atom. The quantitative estimate of drug-likeness (QED) is 0.713. The summed E-state index contributed by atoms with van der Waals surface area (Å²) in [6, 6.07) is 17.8. The number of para-hydroxylation sites is 1. The van der Waals surface area contributed by atoms with Crippen LogP contribution in [0.3, 0.4) is 0 Å². The van der Waals surface area contributed by atoms with E-state index < -0.39 is 5.97 Å². The Bertz CT molecular complexity index is 870. The van der Waals surface area contributed by atoms with E-state index in [1.165, 1.54) is 5.56 Å². The Labute approximate surface area is 141 Å². The van der Waals surface area contributed by atoms with Gasteiger partial charge in [-0.25, -0.2) is 0 Å². The summed E-state index contributed by atoms with van der Waals surface area (Å²) in [6.45, 7) is 4.33. The summed E-state index contributed by atoms with van der Waals surface area (Å²) in [5.41, 5.74) is 4.46. The molecule has 3 rings (SSSR count). The summed E-state index contributed by atoms with van der Waals surface area (Å²) in [4.78, 5) is 15.4. The fourth-order valence-electron chi connectivity index (χ4n) is 2.69. The molecule has 0 aliphatic rings. The number of aromatic nitrogens is 1. The van der Waals surface area contributed by atoms with E-state index >= 15 is 0 Å². The highest BCUT2D eigenvalue weighted by Gasteiger charge is 2.09. The number of nitrogens with one attached hydrogen (secondary N) is 1. The number of nitrogens with zero attached hydrogens (tertiary/aromatic N) is 1. The number of hydrogen-bond acceptors (Lipinski definition) is 3. The molecule has 0 bridgehead atoms. The maximum absolute atomic E-state index is 11.0. The molecule has 0 atom stereocenters. The number of carboxylic acids is 1. The van der Waals surface area contributed by atoms with Crippen molar-refractivity contribution in [1.82, 2.24) is 4.98 Å². The number of benzene rings is 2. The van der Waals surface area contributed by atoms with Gasteiger partial charge in [0, 0.05) is 16.8 Å². The zero-order valence-corrected chi connectivity index (χ0v) is 13.8. The minimum Gasteiger partial charge on any atom is -0.481 e. The lowest BCUT2D eigenvalue weighted by molar-refractivity contribution is -0.136. The number of hydrogen-bond donors (Lipinski definition) is 2. The number of fused-ring (bicyclic) bond motifs is 1. The SMILES string of the molecule is CC(C)c1ccc(Nc2cc(CC(=O)O)nc3ccccc23)cc1. The van der Waals surface area contributed by atoms with E-state index in [-0.39, 0.29) is 6.42 Å². The Balaban J connectivity index is 1.99. The summed E-state index contributed by atoms with van der Waals surface area (Å²) >= 11 is 0. The van der Waals surface area contributed by atoms with Crippen LogP contribution in [-0.4, -0.2) is 16.1 Å². The van der Waals surface area contributed by atoms with Crippen molar-refractivity contribution < 1.29 is 9.90 Å². The van der Waals surface area contributed by atoms with E-state index in [2.05, 4.69) is 36.3 Å². The highest BCUT2D eigenvalue weighted by Crippen LogP contribution is 2.27. The molecule has 0 radical (unpaired) electrons. The summed E-state index contributed by atoms with van der Waals surface area (Å²) < 4.78 is 0. The smallest absolute Gasteiger partial charge is 0.309 e. The number of carbonyl (C=O) groups is 1. The van der Waals surface area contributed by atoms with Crippen LogP contribution in [0.5, 0.6) is 0 Å². The third kappa shape index (κ3) is 3.54. The predicted octanol–water partition coefficient (Wildman–Crippen LogP) is 4.73. The molecule has 24 heavy (non-hydrogen) atoms. The van der Waals surface area contributed by atoms with Crippen molar-refractivity contribution in [3.05, 3.63) is 65.9 Å². The fraction of sp³-hybridized carbons (Fsp3) is 0.200. The third-order valence-corrected chi connectivity index (χ3v) is 3.96. The van der Waals surface area contributed by atoms with Crippen molar-refractivity contribution in [2.75, 3.05) is 5.32 Å². The molecule has 4 nitrogen and oxygen atoms in total. The number of rotatable bonds is 5. The van der Waals surface area contributed by atoms with E-state index in [1.807, 2.05) is 42.5 Å².